The molecular weight excluding hydrogens is 255 g/mol. The summed E-state index contributed by atoms with van der Waals surface area (Å²) in [6.45, 7) is 0. The fraction of sp³-hybridized carbons (Fsp3) is 0.875. The Morgan fingerprint density at radius 1 is 1.36 bits per heavy atom. The molecule has 0 unspecified atom stereocenters. The Balaban J connectivity index is 2.22. The molecule has 11 heavy (non-hydrogen) atoms. The molecular formula is C8H13IO2. The summed E-state index contributed by atoms with van der Waals surface area (Å²) < 4.78 is 0.254. The summed E-state index contributed by atoms with van der Waals surface area (Å²) in [6, 6.07) is 0. The highest BCUT2D eigenvalue weighted by molar-refractivity contribution is 14.1. The van der Waals surface area contributed by atoms with Crippen LogP contribution in [0, 0.1) is 5.92 Å². The maximum Gasteiger partial charge on any atom is 0.192 e. The summed E-state index contributed by atoms with van der Waals surface area (Å²) in [7, 11) is 0. The first-order valence-electron chi connectivity index (χ1n) is 4.05. The lowest BCUT2D eigenvalue weighted by Crippen LogP contribution is -2.19. The summed E-state index contributed by atoms with van der Waals surface area (Å²) in [5.41, 5.74) is 0. The van der Waals surface area contributed by atoms with Crippen LogP contribution in [0.5, 0.6) is 0 Å². The van der Waals surface area contributed by atoms with E-state index in [0.29, 0.717) is 12.3 Å². The van der Waals surface area contributed by atoms with E-state index in [0.717, 1.165) is 25.7 Å². The fourth-order valence-corrected chi connectivity index (χ4v) is 2.20. The minimum Gasteiger partial charge on any atom is -0.393 e. The lowest BCUT2D eigenvalue weighted by molar-refractivity contribution is -0.110. The molecule has 0 spiro atoms. The van der Waals surface area contributed by atoms with Gasteiger partial charge in [0.2, 0.25) is 0 Å². The number of rotatable bonds is 2. The van der Waals surface area contributed by atoms with Crippen LogP contribution in [0.2, 0.25) is 0 Å². The molecule has 1 N–H and O–H groups in total. The minimum absolute atomic E-state index is 0.101. The predicted octanol–water partition coefficient (Wildman–Crippen LogP) is 1.89. The minimum atomic E-state index is -0.101. The lowest BCUT2D eigenvalue weighted by Gasteiger charge is -2.23. The zero-order chi connectivity index (χ0) is 8.27. The highest BCUT2D eigenvalue weighted by atomic mass is 127. The predicted molar refractivity (Wildman–Crippen MR) is 51.6 cm³/mol. The normalized spacial score (nSPS) is 31.8. The zero-order valence-corrected chi connectivity index (χ0v) is 8.58. The van der Waals surface area contributed by atoms with Crippen molar-refractivity contribution in [2.45, 2.75) is 38.2 Å². The number of aliphatic hydroxyl groups excluding tert-OH is 1. The Kier molecular flexibility index (Phi) is 3.78. The highest BCUT2D eigenvalue weighted by Crippen LogP contribution is 2.27. The van der Waals surface area contributed by atoms with Gasteiger partial charge in [0.15, 0.2) is 3.79 Å². The van der Waals surface area contributed by atoms with Gasteiger partial charge in [-0.05, 0) is 54.2 Å². The number of hydrogen-bond donors (Lipinski definition) is 1. The van der Waals surface area contributed by atoms with Gasteiger partial charge in [-0.3, -0.25) is 4.79 Å². The third-order valence-electron chi connectivity index (χ3n) is 2.27. The molecule has 0 bridgehead atoms. The maximum absolute atomic E-state index is 10.7. The molecule has 0 saturated heterocycles. The number of aliphatic hydroxyl groups is 1. The van der Waals surface area contributed by atoms with Crippen LogP contribution in [-0.4, -0.2) is 15.0 Å². The summed E-state index contributed by atoms with van der Waals surface area (Å²) in [6.07, 6.45) is 4.41. The molecule has 0 aromatic rings. The van der Waals surface area contributed by atoms with Crippen LogP contribution in [0.3, 0.4) is 0 Å². The van der Waals surface area contributed by atoms with Gasteiger partial charge in [0.1, 0.15) is 0 Å². The Morgan fingerprint density at radius 2 is 1.91 bits per heavy atom. The summed E-state index contributed by atoms with van der Waals surface area (Å²) in [5, 5.41) is 9.17. The van der Waals surface area contributed by atoms with Crippen LogP contribution in [-0.2, 0) is 4.79 Å². The molecule has 0 amide bonds. The zero-order valence-electron chi connectivity index (χ0n) is 6.42. The molecule has 0 aromatic heterocycles. The van der Waals surface area contributed by atoms with Crippen molar-refractivity contribution in [2.24, 2.45) is 5.92 Å². The van der Waals surface area contributed by atoms with Crippen molar-refractivity contribution in [1.29, 1.82) is 0 Å². The summed E-state index contributed by atoms with van der Waals surface area (Å²) in [5.74, 6) is 0.544. The van der Waals surface area contributed by atoms with Crippen molar-refractivity contribution in [3.8, 4) is 0 Å². The van der Waals surface area contributed by atoms with Gasteiger partial charge in [-0.2, -0.15) is 0 Å². The van der Waals surface area contributed by atoms with Gasteiger partial charge in [-0.25, -0.2) is 0 Å². The fourth-order valence-electron chi connectivity index (χ4n) is 1.58. The van der Waals surface area contributed by atoms with E-state index < -0.39 is 0 Å². The van der Waals surface area contributed by atoms with Crippen LogP contribution in [0.4, 0.5) is 0 Å². The van der Waals surface area contributed by atoms with Gasteiger partial charge in [-0.1, -0.05) is 0 Å². The van der Waals surface area contributed by atoms with Gasteiger partial charge >= 0.3 is 0 Å². The molecule has 2 nitrogen and oxygen atoms in total. The number of hydrogen-bond acceptors (Lipinski definition) is 2. The second kappa shape index (κ2) is 4.40. The van der Waals surface area contributed by atoms with Gasteiger partial charge in [0.05, 0.1) is 6.10 Å². The lowest BCUT2D eigenvalue weighted by atomic mass is 9.86. The Bertz CT molecular complexity index is 139. The molecule has 0 aromatic carbocycles. The molecule has 0 radical (unpaired) electrons. The van der Waals surface area contributed by atoms with Crippen molar-refractivity contribution in [3.63, 3.8) is 0 Å². The number of carbonyl (C=O) groups is 1. The van der Waals surface area contributed by atoms with E-state index in [1.807, 2.05) is 22.6 Å². The monoisotopic (exact) mass is 268 g/mol. The Morgan fingerprint density at radius 3 is 2.36 bits per heavy atom. The van der Waals surface area contributed by atoms with Gasteiger partial charge in [0.25, 0.3) is 0 Å². The molecule has 1 aliphatic rings. The molecule has 0 heterocycles. The number of halogens is 1. The third kappa shape index (κ3) is 3.51. The van der Waals surface area contributed by atoms with Crippen LogP contribution < -0.4 is 0 Å². The molecule has 3 heteroatoms. The van der Waals surface area contributed by atoms with Crippen LogP contribution in [0.1, 0.15) is 32.1 Å². The maximum atomic E-state index is 10.7. The van der Waals surface area contributed by atoms with E-state index in [2.05, 4.69) is 0 Å². The van der Waals surface area contributed by atoms with Crippen molar-refractivity contribution in [3.05, 3.63) is 0 Å². The molecule has 1 fully saturated rings. The highest BCUT2D eigenvalue weighted by Gasteiger charge is 2.20. The SMILES string of the molecule is O=C(I)CC1CCC(O)CC1. The van der Waals surface area contributed by atoms with Crippen molar-refractivity contribution < 1.29 is 9.90 Å². The van der Waals surface area contributed by atoms with Crippen LogP contribution in [0.15, 0.2) is 0 Å². The molecule has 64 valence electrons. The topological polar surface area (TPSA) is 37.3 Å². The summed E-state index contributed by atoms with van der Waals surface area (Å²) in [4.78, 5) is 10.7. The third-order valence-corrected chi connectivity index (χ3v) is 2.71. The standard InChI is InChI=1S/C8H13IO2/c9-8(11)5-6-1-3-7(10)4-2-6/h6-7,10H,1-5H2. The first-order chi connectivity index (χ1) is 5.18. The first kappa shape index (κ1) is 9.45. The van der Waals surface area contributed by atoms with Crippen molar-refractivity contribution in [2.75, 3.05) is 0 Å². The van der Waals surface area contributed by atoms with Gasteiger partial charge < -0.3 is 5.11 Å². The Labute approximate surface area is 80.5 Å². The average Bonchev–Trinajstić information content (AvgIpc) is 1.93. The van der Waals surface area contributed by atoms with Crippen molar-refractivity contribution >= 4 is 26.4 Å². The van der Waals surface area contributed by atoms with Gasteiger partial charge in [0, 0.05) is 6.42 Å². The molecule has 0 aliphatic heterocycles. The van der Waals surface area contributed by atoms with E-state index >= 15 is 0 Å². The van der Waals surface area contributed by atoms with Gasteiger partial charge in [-0.15, -0.1) is 0 Å². The van der Waals surface area contributed by atoms with E-state index in [1.54, 1.807) is 0 Å². The van der Waals surface area contributed by atoms with E-state index in [1.165, 1.54) is 0 Å². The summed E-state index contributed by atoms with van der Waals surface area (Å²) >= 11 is 1.85. The van der Waals surface area contributed by atoms with Crippen LogP contribution >= 0.6 is 22.6 Å². The second-order valence-electron chi connectivity index (χ2n) is 3.23. The number of carbonyl (C=O) groups excluding carboxylic acids is 1. The largest absolute Gasteiger partial charge is 0.393 e. The van der Waals surface area contributed by atoms with E-state index in [9.17, 15) is 9.90 Å². The first-order valence-corrected chi connectivity index (χ1v) is 5.12. The average molecular weight is 268 g/mol. The second-order valence-corrected chi connectivity index (χ2v) is 4.44. The molecule has 1 saturated carbocycles. The van der Waals surface area contributed by atoms with Crippen LogP contribution in [0.25, 0.3) is 0 Å². The van der Waals surface area contributed by atoms with E-state index in [4.69, 9.17) is 0 Å². The Hall–Kier alpha value is 0.360. The quantitative estimate of drug-likeness (QED) is 0.613. The molecule has 0 atom stereocenters. The van der Waals surface area contributed by atoms with E-state index in [-0.39, 0.29) is 9.89 Å². The molecule has 1 aliphatic carbocycles. The van der Waals surface area contributed by atoms with Crippen molar-refractivity contribution in [1.82, 2.24) is 0 Å². The molecule has 1 rings (SSSR count). The smallest absolute Gasteiger partial charge is 0.192 e.